The number of carbonyl (C=O) groups excluding carboxylic acids is 1. The predicted octanol–water partition coefficient (Wildman–Crippen LogP) is 5.59. The number of ether oxygens (including phenoxy) is 1. The molecule has 0 bridgehead atoms. The molecule has 0 fully saturated rings. The van der Waals surface area contributed by atoms with E-state index in [1.807, 2.05) is 19.9 Å². The monoisotopic (exact) mass is 484 g/mol. The third-order valence-electron chi connectivity index (χ3n) is 4.45. The van der Waals surface area contributed by atoms with Crippen molar-refractivity contribution in [3.63, 3.8) is 0 Å². The van der Waals surface area contributed by atoms with Crippen LogP contribution in [0.3, 0.4) is 0 Å². The molecule has 0 aliphatic rings. The standard InChI is InChI=1S/C21H20ClF3N4O2S/c1-3-29-18(11-31-16-6-4-5-14(9-16)21(23,24)25)27-28-20(29)32-12-19(30)26-17-10-15(22)8-7-13(17)2/h4-10H,3,11-12H2,1-2H3,(H,26,30). The van der Waals surface area contributed by atoms with Crippen molar-refractivity contribution in [1.29, 1.82) is 0 Å². The van der Waals surface area contributed by atoms with Gasteiger partial charge in [-0.2, -0.15) is 13.2 Å². The molecule has 1 N–H and O–H groups in total. The molecule has 0 saturated carbocycles. The van der Waals surface area contributed by atoms with Gasteiger partial charge in [0.15, 0.2) is 11.0 Å². The minimum Gasteiger partial charge on any atom is -0.486 e. The molecule has 32 heavy (non-hydrogen) atoms. The molecule has 3 aromatic rings. The summed E-state index contributed by atoms with van der Waals surface area (Å²) in [6, 6.07) is 9.88. The average molecular weight is 485 g/mol. The number of benzene rings is 2. The molecule has 0 aliphatic carbocycles. The maximum Gasteiger partial charge on any atom is 0.416 e. The molecule has 0 aliphatic heterocycles. The second kappa shape index (κ2) is 10.3. The number of halogens is 4. The Hall–Kier alpha value is -2.72. The number of aryl methyl sites for hydroxylation is 1. The van der Waals surface area contributed by atoms with Crippen molar-refractivity contribution in [3.05, 3.63) is 64.4 Å². The van der Waals surface area contributed by atoms with Gasteiger partial charge in [-0.3, -0.25) is 4.79 Å². The second-order valence-electron chi connectivity index (χ2n) is 6.75. The summed E-state index contributed by atoms with van der Waals surface area (Å²) in [6.45, 7) is 4.18. The van der Waals surface area contributed by atoms with Crippen molar-refractivity contribution in [2.75, 3.05) is 11.1 Å². The van der Waals surface area contributed by atoms with Crippen LogP contribution in [0.4, 0.5) is 18.9 Å². The number of thioether (sulfide) groups is 1. The SMILES string of the molecule is CCn1c(COc2cccc(C(F)(F)F)c2)nnc1SCC(=O)Nc1cc(Cl)ccc1C. The number of hydrogen-bond donors (Lipinski definition) is 1. The van der Waals surface area contributed by atoms with Gasteiger partial charge < -0.3 is 14.6 Å². The Morgan fingerprint density at radius 3 is 2.72 bits per heavy atom. The zero-order valence-corrected chi connectivity index (χ0v) is 18.8. The van der Waals surface area contributed by atoms with E-state index < -0.39 is 11.7 Å². The van der Waals surface area contributed by atoms with Crippen LogP contribution in [0.15, 0.2) is 47.6 Å². The van der Waals surface area contributed by atoms with Crippen LogP contribution in [-0.4, -0.2) is 26.4 Å². The van der Waals surface area contributed by atoms with Crippen molar-refractivity contribution in [1.82, 2.24) is 14.8 Å². The number of nitrogens with zero attached hydrogens (tertiary/aromatic N) is 3. The lowest BCUT2D eigenvalue weighted by Crippen LogP contribution is -2.15. The van der Waals surface area contributed by atoms with Crippen LogP contribution in [0.1, 0.15) is 23.9 Å². The Kier molecular flexibility index (Phi) is 7.68. The highest BCUT2D eigenvalue weighted by molar-refractivity contribution is 7.99. The number of rotatable bonds is 8. The molecule has 0 spiro atoms. The van der Waals surface area contributed by atoms with Crippen LogP contribution in [0.5, 0.6) is 5.75 Å². The van der Waals surface area contributed by atoms with Crippen molar-refractivity contribution >= 4 is 35.0 Å². The van der Waals surface area contributed by atoms with Crippen molar-refractivity contribution in [3.8, 4) is 5.75 Å². The molecule has 6 nitrogen and oxygen atoms in total. The van der Waals surface area contributed by atoms with Crippen molar-refractivity contribution in [2.24, 2.45) is 0 Å². The smallest absolute Gasteiger partial charge is 0.416 e. The highest BCUT2D eigenvalue weighted by Gasteiger charge is 2.30. The maximum atomic E-state index is 12.9. The summed E-state index contributed by atoms with van der Waals surface area (Å²) in [5.41, 5.74) is 0.734. The summed E-state index contributed by atoms with van der Waals surface area (Å²) in [6.07, 6.45) is -4.45. The lowest BCUT2D eigenvalue weighted by atomic mass is 10.2. The minimum atomic E-state index is -4.45. The van der Waals surface area contributed by atoms with Gasteiger partial charge in [0.25, 0.3) is 0 Å². The van der Waals surface area contributed by atoms with Crippen molar-refractivity contribution in [2.45, 2.75) is 38.3 Å². The topological polar surface area (TPSA) is 69.0 Å². The fourth-order valence-corrected chi connectivity index (χ4v) is 3.80. The van der Waals surface area contributed by atoms with E-state index in [0.29, 0.717) is 28.2 Å². The number of anilines is 1. The summed E-state index contributed by atoms with van der Waals surface area (Å²) >= 11 is 7.17. The van der Waals surface area contributed by atoms with Crippen LogP contribution in [0.2, 0.25) is 5.02 Å². The van der Waals surface area contributed by atoms with Crippen LogP contribution in [0, 0.1) is 6.92 Å². The number of carbonyl (C=O) groups is 1. The summed E-state index contributed by atoms with van der Waals surface area (Å²) < 4.78 is 45.8. The molecule has 170 valence electrons. The first-order valence-corrected chi connectivity index (χ1v) is 10.9. The Balaban J connectivity index is 1.61. The first-order chi connectivity index (χ1) is 15.2. The van der Waals surface area contributed by atoms with Gasteiger partial charge in [-0.15, -0.1) is 10.2 Å². The molecule has 1 aromatic heterocycles. The highest BCUT2D eigenvalue weighted by Crippen LogP contribution is 2.31. The zero-order chi connectivity index (χ0) is 23.3. The van der Waals surface area contributed by atoms with E-state index in [4.69, 9.17) is 16.3 Å². The Bertz CT molecular complexity index is 1100. The van der Waals surface area contributed by atoms with E-state index in [-0.39, 0.29) is 24.0 Å². The Morgan fingerprint density at radius 2 is 2.00 bits per heavy atom. The molecular formula is C21H20ClF3N4O2S. The molecule has 0 unspecified atom stereocenters. The van der Waals surface area contributed by atoms with Crippen LogP contribution in [-0.2, 0) is 24.1 Å². The highest BCUT2D eigenvalue weighted by atomic mass is 35.5. The van der Waals surface area contributed by atoms with Gasteiger partial charge in [-0.25, -0.2) is 0 Å². The first-order valence-electron chi connectivity index (χ1n) is 9.58. The first kappa shape index (κ1) is 23.9. The molecule has 1 amide bonds. The number of amides is 1. The number of alkyl halides is 3. The molecular weight excluding hydrogens is 465 g/mol. The van der Waals surface area contributed by atoms with Gasteiger partial charge in [0, 0.05) is 17.3 Å². The van der Waals surface area contributed by atoms with Crippen LogP contribution in [0.25, 0.3) is 0 Å². The van der Waals surface area contributed by atoms with Gasteiger partial charge in [0.1, 0.15) is 12.4 Å². The third kappa shape index (κ3) is 6.17. The van der Waals surface area contributed by atoms with E-state index in [1.54, 1.807) is 16.7 Å². The largest absolute Gasteiger partial charge is 0.486 e. The number of aromatic nitrogens is 3. The molecule has 11 heteroatoms. The van der Waals surface area contributed by atoms with Gasteiger partial charge in [-0.1, -0.05) is 35.5 Å². The van der Waals surface area contributed by atoms with E-state index in [9.17, 15) is 18.0 Å². The normalized spacial score (nSPS) is 11.4. The Labute approximate surface area is 192 Å². The lowest BCUT2D eigenvalue weighted by Gasteiger charge is -2.11. The summed E-state index contributed by atoms with van der Waals surface area (Å²) in [4.78, 5) is 12.3. The minimum absolute atomic E-state index is 0.0589. The van der Waals surface area contributed by atoms with Gasteiger partial charge in [0.2, 0.25) is 5.91 Å². The Morgan fingerprint density at radius 1 is 1.22 bits per heavy atom. The van der Waals surface area contributed by atoms with E-state index >= 15 is 0 Å². The number of hydrogen-bond acceptors (Lipinski definition) is 5. The average Bonchev–Trinajstić information content (AvgIpc) is 3.15. The maximum absolute atomic E-state index is 12.9. The molecule has 2 aromatic carbocycles. The van der Waals surface area contributed by atoms with Crippen LogP contribution < -0.4 is 10.1 Å². The van der Waals surface area contributed by atoms with Gasteiger partial charge in [-0.05, 0) is 49.7 Å². The summed E-state index contributed by atoms with van der Waals surface area (Å²) in [5.74, 6) is 0.390. The fourth-order valence-electron chi connectivity index (χ4n) is 2.81. The third-order valence-corrected chi connectivity index (χ3v) is 5.65. The van der Waals surface area contributed by atoms with Gasteiger partial charge >= 0.3 is 6.18 Å². The quantitative estimate of drug-likeness (QED) is 0.422. The van der Waals surface area contributed by atoms with E-state index in [2.05, 4.69) is 15.5 Å². The fraction of sp³-hybridized carbons (Fsp3) is 0.286. The molecule has 0 radical (unpaired) electrons. The van der Waals surface area contributed by atoms with E-state index in [1.165, 1.54) is 23.9 Å². The van der Waals surface area contributed by atoms with Crippen molar-refractivity contribution < 1.29 is 22.7 Å². The zero-order valence-electron chi connectivity index (χ0n) is 17.2. The predicted molar refractivity (Wildman–Crippen MR) is 117 cm³/mol. The van der Waals surface area contributed by atoms with E-state index in [0.717, 1.165) is 17.7 Å². The molecule has 0 atom stereocenters. The second-order valence-corrected chi connectivity index (χ2v) is 8.13. The summed E-state index contributed by atoms with van der Waals surface area (Å²) in [7, 11) is 0. The molecule has 0 saturated heterocycles. The van der Waals surface area contributed by atoms with Crippen LogP contribution >= 0.6 is 23.4 Å². The molecule has 3 rings (SSSR count). The molecule has 1 heterocycles. The lowest BCUT2D eigenvalue weighted by molar-refractivity contribution is -0.137. The number of nitrogens with one attached hydrogen (secondary N) is 1. The summed E-state index contributed by atoms with van der Waals surface area (Å²) in [5, 5.41) is 12.0. The van der Waals surface area contributed by atoms with Gasteiger partial charge in [0.05, 0.1) is 11.3 Å².